The summed E-state index contributed by atoms with van der Waals surface area (Å²) in [6.07, 6.45) is 17.0. The van der Waals surface area contributed by atoms with Crippen molar-refractivity contribution in [1.29, 1.82) is 0 Å². The minimum absolute atomic E-state index is 0.294. The lowest BCUT2D eigenvalue weighted by molar-refractivity contribution is 0.531. The van der Waals surface area contributed by atoms with Gasteiger partial charge in [-0.2, -0.15) is 0 Å². The molecule has 0 radical (unpaired) electrons. The standard InChI is InChI=1S/C24H34S3/c1-3-5-7-9-12-20-13-14-22(27-20)21-15-19-25-23(21)24(17-11-18-26-24)16-10-8-6-4-2/h11,13-15,18-19H,3-10,12,16-17H2,1-2H3. The van der Waals surface area contributed by atoms with Gasteiger partial charge in [-0.1, -0.05) is 64.9 Å². The van der Waals surface area contributed by atoms with Crippen LogP contribution in [0, 0.1) is 0 Å². The fraction of sp³-hybridized carbons (Fsp3) is 0.583. The molecule has 2 aromatic rings. The van der Waals surface area contributed by atoms with Gasteiger partial charge in [0.1, 0.15) is 0 Å². The van der Waals surface area contributed by atoms with Crippen molar-refractivity contribution in [1.82, 2.24) is 0 Å². The van der Waals surface area contributed by atoms with Gasteiger partial charge in [0.05, 0.1) is 4.75 Å². The van der Waals surface area contributed by atoms with E-state index in [9.17, 15) is 0 Å². The second-order valence-electron chi connectivity index (χ2n) is 7.74. The molecule has 3 heterocycles. The Bertz CT molecular complexity index is 699. The highest BCUT2D eigenvalue weighted by Gasteiger charge is 2.36. The molecule has 1 atom stereocenters. The summed E-state index contributed by atoms with van der Waals surface area (Å²) in [4.78, 5) is 4.66. The van der Waals surface area contributed by atoms with Crippen LogP contribution in [0.3, 0.4) is 0 Å². The second kappa shape index (κ2) is 10.9. The van der Waals surface area contributed by atoms with E-state index in [1.807, 2.05) is 22.7 Å². The molecule has 1 aliphatic heterocycles. The Morgan fingerprint density at radius 3 is 2.48 bits per heavy atom. The quantitative estimate of drug-likeness (QED) is 0.309. The number of aryl methyl sites for hydroxylation is 1. The van der Waals surface area contributed by atoms with Crippen molar-refractivity contribution in [2.75, 3.05) is 0 Å². The lowest BCUT2D eigenvalue weighted by Crippen LogP contribution is -2.17. The van der Waals surface area contributed by atoms with E-state index in [1.54, 1.807) is 9.75 Å². The number of hydrogen-bond acceptors (Lipinski definition) is 3. The van der Waals surface area contributed by atoms with Crippen LogP contribution in [0.2, 0.25) is 0 Å². The monoisotopic (exact) mass is 418 g/mol. The SMILES string of the molecule is CCCCCCc1ccc(-c2ccsc2C2(CCCCCC)CC=CS2)s1. The predicted molar refractivity (Wildman–Crippen MR) is 127 cm³/mol. The maximum Gasteiger partial charge on any atom is 0.0583 e. The molecule has 0 nitrogen and oxygen atoms in total. The first-order valence-electron chi connectivity index (χ1n) is 10.8. The molecule has 1 unspecified atom stereocenters. The second-order valence-corrected chi connectivity index (χ2v) is 11.1. The number of thioether (sulfide) groups is 1. The third-order valence-corrected chi connectivity index (χ3v) is 9.34. The first-order valence-corrected chi connectivity index (χ1v) is 13.4. The third kappa shape index (κ3) is 5.52. The van der Waals surface area contributed by atoms with Crippen LogP contribution in [0.1, 0.15) is 87.8 Å². The molecule has 0 N–H and O–H groups in total. The largest absolute Gasteiger partial charge is 0.147 e. The van der Waals surface area contributed by atoms with Gasteiger partial charge in [-0.3, -0.25) is 0 Å². The zero-order chi connectivity index (χ0) is 19.0. The van der Waals surface area contributed by atoms with E-state index in [4.69, 9.17) is 0 Å². The van der Waals surface area contributed by atoms with E-state index in [2.05, 4.69) is 60.7 Å². The van der Waals surface area contributed by atoms with Gasteiger partial charge in [0.15, 0.2) is 0 Å². The fourth-order valence-electron chi connectivity index (χ4n) is 3.96. The number of hydrogen-bond donors (Lipinski definition) is 0. The summed E-state index contributed by atoms with van der Waals surface area (Å²) in [5.41, 5.74) is 1.51. The van der Waals surface area contributed by atoms with Crippen molar-refractivity contribution in [3.63, 3.8) is 0 Å². The van der Waals surface area contributed by atoms with Crippen molar-refractivity contribution in [2.24, 2.45) is 0 Å². The van der Waals surface area contributed by atoms with Crippen LogP contribution >= 0.6 is 34.4 Å². The summed E-state index contributed by atoms with van der Waals surface area (Å²) in [7, 11) is 0. The van der Waals surface area contributed by atoms with Gasteiger partial charge in [-0.25, -0.2) is 0 Å². The lowest BCUT2D eigenvalue weighted by Gasteiger charge is -2.28. The summed E-state index contributed by atoms with van der Waals surface area (Å²) < 4.78 is 0.294. The highest BCUT2D eigenvalue weighted by molar-refractivity contribution is 8.03. The Morgan fingerprint density at radius 2 is 1.74 bits per heavy atom. The van der Waals surface area contributed by atoms with E-state index in [1.165, 1.54) is 81.1 Å². The van der Waals surface area contributed by atoms with Crippen LogP contribution in [-0.4, -0.2) is 0 Å². The van der Waals surface area contributed by atoms with Crippen LogP contribution < -0.4 is 0 Å². The van der Waals surface area contributed by atoms with Gasteiger partial charge in [0, 0.05) is 20.2 Å². The molecular weight excluding hydrogens is 384 g/mol. The summed E-state index contributed by atoms with van der Waals surface area (Å²) >= 11 is 6.09. The van der Waals surface area contributed by atoms with Crippen molar-refractivity contribution in [3.05, 3.63) is 44.8 Å². The summed E-state index contributed by atoms with van der Waals surface area (Å²) in [6.45, 7) is 4.59. The van der Waals surface area contributed by atoms with Gasteiger partial charge < -0.3 is 0 Å². The molecule has 0 bridgehead atoms. The Labute approximate surface area is 178 Å². The smallest absolute Gasteiger partial charge is 0.0583 e. The maximum absolute atomic E-state index is 2.39. The highest BCUT2D eigenvalue weighted by Crippen LogP contribution is 2.54. The van der Waals surface area contributed by atoms with Gasteiger partial charge in [-0.15, -0.1) is 34.4 Å². The van der Waals surface area contributed by atoms with Crippen molar-refractivity contribution < 1.29 is 0 Å². The zero-order valence-corrected chi connectivity index (χ0v) is 19.4. The molecule has 27 heavy (non-hydrogen) atoms. The van der Waals surface area contributed by atoms with Crippen LogP contribution in [0.15, 0.2) is 35.1 Å². The van der Waals surface area contributed by atoms with Crippen LogP contribution in [0.5, 0.6) is 0 Å². The Balaban J connectivity index is 1.71. The molecule has 0 saturated carbocycles. The predicted octanol–water partition coefficient (Wildman–Crippen LogP) is 9.42. The van der Waals surface area contributed by atoms with Gasteiger partial charge >= 0.3 is 0 Å². The molecular formula is C24H34S3. The first-order chi connectivity index (χ1) is 13.3. The van der Waals surface area contributed by atoms with Crippen LogP contribution in [0.4, 0.5) is 0 Å². The van der Waals surface area contributed by atoms with Crippen molar-refractivity contribution in [3.8, 4) is 10.4 Å². The highest BCUT2D eigenvalue weighted by atomic mass is 32.2. The molecule has 2 aromatic heterocycles. The van der Waals surface area contributed by atoms with E-state index in [0.29, 0.717) is 4.75 Å². The molecule has 0 fully saturated rings. The average Bonchev–Trinajstić information content (AvgIpc) is 3.42. The molecule has 0 amide bonds. The van der Waals surface area contributed by atoms with Crippen molar-refractivity contribution >= 4 is 34.4 Å². The summed E-state index contributed by atoms with van der Waals surface area (Å²) in [6, 6.07) is 7.13. The van der Waals surface area contributed by atoms with Gasteiger partial charge in [-0.05, 0) is 54.7 Å². The molecule has 0 aromatic carbocycles. The Morgan fingerprint density at radius 1 is 0.926 bits per heavy atom. The number of rotatable bonds is 12. The maximum atomic E-state index is 2.39. The molecule has 0 aliphatic carbocycles. The molecule has 1 aliphatic rings. The van der Waals surface area contributed by atoms with E-state index < -0.39 is 0 Å². The number of unbranched alkanes of at least 4 members (excludes halogenated alkanes) is 6. The van der Waals surface area contributed by atoms with Gasteiger partial charge in [0.25, 0.3) is 0 Å². The Kier molecular flexibility index (Phi) is 8.54. The molecule has 0 spiro atoms. The first kappa shape index (κ1) is 21.2. The number of thiophene rings is 2. The van der Waals surface area contributed by atoms with Crippen LogP contribution in [0.25, 0.3) is 10.4 Å². The summed E-state index contributed by atoms with van der Waals surface area (Å²) in [5.74, 6) is 0. The lowest BCUT2D eigenvalue weighted by atomic mass is 9.92. The normalized spacial score (nSPS) is 19.2. The minimum atomic E-state index is 0.294. The van der Waals surface area contributed by atoms with Gasteiger partial charge in [0.2, 0.25) is 0 Å². The Hall–Kier alpha value is -0.510. The van der Waals surface area contributed by atoms with E-state index >= 15 is 0 Å². The molecule has 3 rings (SSSR count). The van der Waals surface area contributed by atoms with E-state index in [0.717, 1.165) is 0 Å². The molecule has 3 heteroatoms. The zero-order valence-electron chi connectivity index (χ0n) is 17.0. The van der Waals surface area contributed by atoms with Crippen molar-refractivity contribution in [2.45, 2.75) is 89.2 Å². The fourth-order valence-corrected chi connectivity index (χ4v) is 7.57. The average molecular weight is 419 g/mol. The molecule has 0 saturated heterocycles. The topological polar surface area (TPSA) is 0 Å². The molecule has 148 valence electrons. The van der Waals surface area contributed by atoms with Crippen LogP contribution in [-0.2, 0) is 11.2 Å². The number of allylic oxidation sites excluding steroid dienone is 1. The summed E-state index contributed by atoms with van der Waals surface area (Å²) in [5, 5.41) is 4.66. The minimum Gasteiger partial charge on any atom is -0.147 e. The third-order valence-electron chi connectivity index (χ3n) is 5.55. The van der Waals surface area contributed by atoms with E-state index in [-0.39, 0.29) is 0 Å².